The van der Waals surface area contributed by atoms with Gasteiger partial charge in [0.2, 0.25) is 0 Å². The Balaban J connectivity index is 3.11. The Morgan fingerprint density at radius 2 is 1.80 bits per heavy atom. The number of aromatic nitrogens is 2. The fraction of sp³-hybridized carbons (Fsp3) is 0.545. The highest BCUT2D eigenvalue weighted by Gasteiger charge is 2.33. The summed E-state index contributed by atoms with van der Waals surface area (Å²) in [5.74, 6) is -0.759. The summed E-state index contributed by atoms with van der Waals surface area (Å²) in [4.78, 5) is 19.2. The van der Waals surface area contributed by atoms with Gasteiger partial charge in [0.15, 0.2) is 0 Å². The first-order chi connectivity index (χ1) is 6.82. The number of hydrogen-bond donors (Lipinski definition) is 1. The van der Waals surface area contributed by atoms with E-state index in [0.717, 1.165) is 0 Å². The van der Waals surface area contributed by atoms with E-state index in [0.29, 0.717) is 11.4 Å². The molecule has 1 heterocycles. The molecule has 1 aromatic rings. The lowest BCUT2D eigenvalue weighted by Crippen LogP contribution is -2.26. The van der Waals surface area contributed by atoms with Crippen LogP contribution in [0.4, 0.5) is 0 Å². The number of hydrogen-bond acceptors (Lipinski definition) is 3. The van der Waals surface area contributed by atoms with Crippen molar-refractivity contribution < 1.29 is 9.90 Å². The fourth-order valence-corrected chi connectivity index (χ4v) is 1.56. The first-order valence-electron chi connectivity index (χ1n) is 4.83. The summed E-state index contributed by atoms with van der Waals surface area (Å²) in [5, 5.41) is 9.18. The predicted molar refractivity (Wildman–Crippen MR) is 56.6 cm³/mol. The molecule has 0 radical (unpaired) electrons. The lowest BCUT2D eigenvalue weighted by atomic mass is 9.77. The number of aliphatic carboxylic acids is 1. The van der Waals surface area contributed by atoms with E-state index in [1.54, 1.807) is 19.3 Å². The van der Waals surface area contributed by atoms with Crippen LogP contribution in [-0.4, -0.2) is 21.0 Å². The zero-order valence-corrected chi connectivity index (χ0v) is 9.48. The van der Waals surface area contributed by atoms with Gasteiger partial charge in [0, 0.05) is 18.0 Å². The van der Waals surface area contributed by atoms with Crippen molar-refractivity contribution in [2.45, 2.75) is 33.6 Å². The highest BCUT2D eigenvalue weighted by molar-refractivity contribution is 5.76. The zero-order chi connectivity index (χ0) is 11.6. The maximum absolute atomic E-state index is 11.2. The Kier molecular flexibility index (Phi) is 3.07. The van der Waals surface area contributed by atoms with Crippen LogP contribution in [0, 0.1) is 12.3 Å². The summed E-state index contributed by atoms with van der Waals surface area (Å²) in [6, 6.07) is 0. The zero-order valence-electron chi connectivity index (χ0n) is 9.48. The van der Waals surface area contributed by atoms with E-state index >= 15 is 0 Å². The van der Waals surface area contributed by atoms with Crippen LogP contribution in [0.25, 0.3) is 0 Å². The molecule has 0 amide bonds. The standard InChI is InChI=1S/C11H16N2O2/c1-7-12-5-8(6-13-7)9(10(14)15)11(2,3)4/h5-6,9H,1-4H3,(H,14,15). The SMILES string of the molecule is Cc1ncc(C(C(=O)O)C(C)(C)C)cn1. The van der Waals surface area contributed by atoms with Gasteiger partial charge in [-0.05, 0) is 12.3 Å². The number of carboxylic acid groups (broad SMARTS) is 1. The number of carboxylic acids is 1. The summed E-state index contributed by atoms with van der Waals surface area (Å²) in [6.45, 7) is 7.46. The second kappa shape index (κ2) is 3.96. The Hall–Kier alpha value is -1.45. The molecule has 0 aliphatic carbocycles. The average Bonchev–Trinajstić information content (AvgIpc) is 2.05. The van der Waals surface area contributed by atoms with E-state index in [1.165, 1.54) is 0 Å². The summed E-state index contributed by atoms with van der Waals surface area (Å²) in [6.07, 6.45) is 3.18. The number of aryl methyl sites for hydroxylation is 1. The van der Waals surface area contributed by atoms with E-state index in [2.05, 4.69) is 9.97 Å². The van der Waals surface area contributed by atoms with E-state index in [4.69, 9.17) is 0 Å². The van der Waals surface area contributed by atoms with Crippen LogP contribution < -0.4 is 0 Å². The van der Waals surface area contributed by atoms with Crippen molar-refractivity contribution in [1.82, 2.24) is 9.97 Å². The van der Waals surface area contributed by atoms with Crippen LogP contribution in [0.5, 0.6) is 0 Å². The normalized spacial score (nSPS) is 13.6. The lowest BCUT2D eigenvalue weighted by molar-refractivity contribution is -0.141. The van der Waals surface area contributed by atoms with Crippen LogP contribution in [0.15, 0.2) is 12.4 Å². The molecular formula is C11H16N2O2. The molecule has 0 saturated heterocycles. The highest BCUT2D eigenvalue weighted by atomic mass is 16.4. The number of carbonyl (C=O) groups is 1. The largest absolute Gasteiger partial charge is 0.481 e. The molecule has 0 aromatic carbocycles. The molecule has 15 heavy (non-hydrogen) atoms. The molecule has 0 bridgehead atoms. The van der Waals surface area contributed by atoms with Crippen molar-refractivity contribution in [3.8, 4) is 0 Å². The van der Waals surface area contributed by atoms with Gasteiger partial charge >= 0.3 is 5.97 Å². The van der Waals surface area contributed by atoms with Crippen molar-refractivity contribution in [2.75, 3.05) is 0 Å². The monoisotopic (exact) mass is 208 g/mol. The van der Waals surface area contributed by atoms with Gasteiger partial charge in [0.25, 0.3) is 0 Å². The number of nitrogens with zero attached hydrogens (tertiary/aromatic N) is 2. The van der Waals surface area contributed by atoms with Crippen molar-refractivity contribution >= 4 is 5.97 Å². The fourth-order valence-electron chi connectivity index (χ4n) is 1.56. The van der Waals surface area contributed by atoms with Gasteiger partial charge in [-0.15, -0.1) is 0 Å². The number of rotatable bonds is 2. The molecule has 0 spiro atoms. The van der Waals surface area contributed by atoms with Gasteiger partial charge in [0.1, 0.15) is 5.82 Å². The summed E-state index contributed by atoms with van der Waals surface area (Å²) in [7, 11) is 0. The first-order valence-corrected chi connectivity index (χ1v) is 4.83. The second-order valence-electron chi connectivity index (χ2n) is 4.70. The smallest absolute Gasteiger partial charge is 0.311 e. The molecule has 1 unspecified atom stereocenters. The summed E-state index contributed by atoms with van der Waals surface area (Å²) in [5.41, 5.74) is 0.311. The van der Waals surface area contributed by atoms with Crippen LogP contribution in [0.1, 0.15) is 38.1 Å². The van der Waals surface area contributed by atoms with E-state index in [-0.39, 0.29) is 5.41 Å². The molecule has 0 aliphatic rings. The molecule has 1 atom stereocenters. The molecule has 0 fully saturated rings. The van der Waals surface area contributed by atoms with Gasteiger partial charge in [-0.25, -0.2) is 9.97 Å². The lowest BCUT2D eigenvalue weighted by Gasteiger charge is -2.26. The molecule has 4 heteroatoms. The molecule has 0 saturated carbocycles. The van der Waals surface area contributed by atoms with E-state index < -0.39 is 11.9 Å². The Labute approximate surface area is 89.4 Å². The van der Waals surface area contributed by atoms with Gasteiger partial charge in [-0.3, -0.25) is 4.79 Å². The third kappa shape index (κ3) is 2.75. The minimum Gasteiger partial charge on any atom is -0.481 e. The van der Waals surface area contributed by atoms with Crippen molar-refractivity contribution in [3.63, 3.8) is 0 Å². The molecule has 82 valence electrons. The Morgan fingerprint density at radius 3 is 2.13 bits per heavy atom. The summed E-state index contributed by atoms with van der Waals surface area (Å²) >= 11 is 0. The van der Waals surface area contributed by atoms with Gasteiger partial charge < -0.3 is 5.11 Å². The van der Waals surface area contributed by atoms with Crippen LogP contribution in [-0.2, 0) is 4.79 Å². The second-order valence-corrected chi connectivity index (χ2v) is 4.70. The molecule has 1 rings (SSSR count). The van der Waals surface area contributed by atoms with Gasteiger partial charge in [-0.2, -0.15) is 0 Å². The molecule has 1 aromatic heterocycles. The van der Waals surface area contributed by atoms with E-state index in [1.807, 2.05) is 20.8 Å². The van der Waals surface area contributed by atoms with Crippen LogP contribution >= 0.6 is 0 Å². The third-order valence-electron chi connectivity index (χ3n) is 2.25. The van der Waals surface area contributed by atoms with Crippen LogP contribution in [0.3, 0.4) is 0 Å². The maximum Gasteiger partial charge on any atom is 0.311 e. The van der Waals surface area contributed by atoms with Crippen molar-refractivity contribution in [2.24, 2.45) is 5.41 Å². The maximum atomic E-state index is 11.2. The van der Waals surface area contributed by atoms with E-state index in [9.17, 15) is 9.90 Å². The van der Waals surface area contributed by atoms with Crippen molar-refractivity contribution in [3.05, 3.63) is 23.8 Å². The average molecular weight is 208 g/mol. The topological polar surface area (TPSA) is 63.1 Å². The molecular weight excluding hydrogens is 192 g/mol. The third-order valence-corrected chi connectivity index (χ3v) is 2.25. The minimum absolute atomic E-state index is 0.343. The Morgan fingerprint density at radius 1 is 1.33 bits per heavy atom. The molecule has 4 nitrogen and oxygen atoms in total. The first kappa shape index (κ1) is 11.6. The minimum atomic E-state index is -0.838. The quantitative estimate of drug-likeness (QED) is 0.807. The predicted octanol–water partition coefficient (Wildman–Crippen LogP) is 2.00. The molecule has 0 aliphatic heterocycles. The highest BCUT2D eigenvalue weighted by Crippen LogP contribution is 2.34. The van der Waals surface area contributed by atoms with Crippen LogP contribution in [0.2, 0.25) is 0 Å². The van der Waals surface area contributed by atoms with Gasteiger partial charge in [0.05, 0.1) is 5.92 Å². The summed E-state index contributed by atoms with van der Waals surface area (Å²) < 4.78 is 0. The van der Waals surface area contributed by atoms with Crippen molar-refractivity contribution in [1.29, 1.82) is 0 Å². The van der Waals surface area contributed by atoms with Gasteiger partial charge in [-0.1, -0.05) is 20.8 Å². The Bertz CT molecular complexity index is 352. The molecule has 1 N–H and O–H groups in total.